The van der Waals surface area contributed by atoms with E-state index in [1.54, 1.807) is 12.2 Å². The van der Waals surface area contributed by atoms with E-state index in [0.717, 1.165) is 0 Å². The number of aldehydes is 1. The molecular weight excluding hydrogens is 380 g/mol. The van der Waals surface area contributed by atoms with Crippen LogP contribution in [0.3, 0.4) is 0 Å². The lowest BCUT2D eigenvalue weighted by molar-refractivity contribution is -0.175. The lowest BCUT2D eigenvalue weighted by Crippen LogP contribution is -2.40. The van der Waals surface area contributed by atoms with Crippen molar-refractivity contribution in [2.75, 3.05) is 6.61 Å². The van der Waals surface area contributed by atoms with E-state index in [1.165, 1.54) is 6.92 Å². The third kappa shape index (κ3) is 5.53. The summed E-state index contributed by atoms with van der Waals surface area (Å²) in [6.07, 6.45) is 2.79. The van der Waals surface area contributed by atoms with Gasteiger partial charge in [-0.1, -0.05) is 33.8 Å². The van der Waals surface area contributed by atoms with Crippen LogP contribution in [0, 0.1) is 17.8 Å². The van der Waals surface area contributed by atoms with Crippen molar-refractivity contribution in [3.8, 4) is 0 Å². The molecule has 0 aromatic carbocycles. The average molecular weight is 408 g/mol. The summed E-state index contributed by atoms with van der Waals surface area (Å²) in [4.78, 5) is 47.6. The van der Waals surface area contributed by atoms with Crippen molar-refractivity contribution < 1.29 is 38.1 Å². The monoisotopic (exact) mass is 408 g/mol. The summed E-state index contributed by atoms with van der Waals surface area (Å²) in [6.45, 7) is 8.66. The van der Waals surface area contributed by atoms with Crippen LogP contribution in [-0.4, -0.2) is 42.7 Å². The van der Waals surface area contributed by atoms with E-state index < -0.39 is 35.7 Å². The Balaban J connectivity index is 2.35. The molecule has 0 saturated carbocycles. The van der Waals surface area contributed by atoms with Gasteiger partial charge in [-0.2, -0.15) is 0 Å². The van der Waals surface area contributed by atoms with E-state index in [9.17, 15) is 19.2 Å². The fourth-order valence-corrected chi connectivity index (χ4v) is 3.42. The zero-order valence-electron chi connectivity index (χ0n) is 17.4. The van der Waals surface area contributed by atoms with Crippen molar-refractivity contribution in [2.24, 2.45) is 17.8 Å². The predicted molar refractivity (Wildman–Crippen MR) is 101 cm³/mol. The minimum absolute atomic E-state index is 0.0526. The Morgan fingerprint density at radius 1 is 1.17 bits per heavy atom. The standard InChI is InChI=1S/C21H28O8/c1-12(2)8-17(24)27-16(10-22)15-6-7-21(29-14(5)23)11-26-20(19(15)21)28-18(25)9-13(3)4/h6-7,10,12-13,19-20H,8-9,11H2,1-5H3/b16-15+. The molecule has 8 heteroatoms. The molecule has 3 unspecified atom stereocenters. The van der Waals surface area contributed by atoms with E-state index in [4.69, 9.17) is 18.9 Å². The van der Waals surface area contributed by atoms with E-state index >= 15 is 0 Å². The zero-order chi connectivity index (χ0) is 21.8. The third-order valence-electron chi connectivity index (χ3n) is 4.50. The summed E-state index contributed by atoms with van der Waals surface area (Å²) in [5, 5.41) is 0. The van der Waals surface area contributed by atoms with Crippen molar-refractivity contribution in [1.29, 1.82) is 0 Å². The molecule has 29 heavy (non-hydrogen) atoms. The quantitative estimate of drug-likeness (QED) is 0.198. The van der Waals surface area contributed by atoms with Crippen LogP contribution in [0.25, 0.3) is 0 Å². The summed E-state index contributed by atoms with van der Waals surface area (Å²) in [7, 11) is 0. The van der Waals surface area contributed by atoms with Gasteiger partial charge in [0.1, 0.15) is 0 Å². The Hall–Kier alpha value is -2.48. The molecule has 0 radical (unpaired) electrons. The molecule has 1 aliphatic heterocycles. The zero-order valence-corrected chi connectivity index (χ0v) is 17.4. The van der Waals surface area contributed by atoms with Gasteiger partial charge in [0.15, 0.2) is 17.6 Å². The van der Waals surface area contributed by atoms with Gasteiger partial charge in [0.05, 0.1) is 12.5 Å². The number of carbonyl (C=O) groups is 4. The average Bonchev–Trinajstić information content (AvgIpc) is 3.08. The molecule has 1 fully saturated rings. The number of hydrogen-bond donors (Lipinski definition) is 0. The SMILES string of the molecule is CC(=O)OC12C=C/C(=C(/C=O)OC(=O)CC(C)C)C1C(OC(=O)CC(C)C)OC2. The summed E-state index contributed by atoms with van der Waals surface area (Å²) < 4.78 is 21.8. The summed E-state index contributed by atoms with van der Waals surface area (Å²) in [6, 6.07) is 0. The van der Waals surface area contributed by atoms with Crippen molar-refractivity contribution in [1.82, 2.24) is 0 Å². The van der Waals surface area contributed by atoms with Crippen LogP contribution in [0.5, 0.6) is 0 Å². The maximum Gasteiger partial charge on any atom is 0.311 e. The lowest BCUT2D eigenvalue weighted by atomic mass is 9.89. The molecule has 1 heterocycles. The number of fused-ring (bicyclic) bond motifs is 1. The Kier molecular flexibility index (Phi) is 7.35. The molecule has 0 N–H and O–H groups in total. The molecule has 160 valence electrons. The highest BCUT2D eigenvalue weighted by Crippen LogP contribution is 2.47. The van der Waals surface area contributed by atoms with Gasteiger partial charge in [-0.05, 0) is 17.9 Å². The lowest BCUT2D eigenvalue weighted by Gasteiger charge is -2.28. The first-order valence-electron chi connectivity index (χ1n) is 9.68. The Morgan fingerprint density at radius 2 is 1.79 bits per heavy atom. The molecule has 2 rings (SSSR count). The number of allylic oxidation sites excluding steroid dienone is 2. The summed E-state index contributed by atoms with van der Waals surface area (Å²) >= 11 is 0. The second-order valence-electron chi connectivity index (χ2n) is 8.14. The van der Waals surface area contributed by atoms with Crippen LogP contribution >= 0.6 is 0 Å². The number of ether oxygens (including phenoxy) is 4. The molecule has 0 bridgehead atoms. The van der Waals surface area contributed by atoms with Gasteiger partial charge in [-0.25, -0.2) is 0 Å². The number of esters is 3. The van der Waals surface area contributed by atoms with Crippen LogP contribution in [0.15, 0.2) is 23.5 Å². The molecular formula is C21H28O8. The highest BCUT2D eigenvalue weighted by molar-refractivity contribution is 5.81. The van der Waals surface area contributed by atoms with Crippen LogP contribution in [0.2, 0.25) is 0 Å². The minimum Gasteiger partial charge on any atom is -0.452 e. The fraction of sp³-hybridized carbons (Fsp3) is 0.619. The Morgan fingerprint density at radius 3 is 2.34 bits per heavy atom. The minimum atomic E-state index is -1.23. The number of carbonyl (C=O) groups excluding carboxylic acids is 4. The van der Waals surface area contributed by atoms with E-state index in [1.807, 2.05) is 27.7 Å². The van der Waals surface area contributed by atoms with Crippen molar-refractivity contribution in [3.63, 3.8) is 0 Å². The largest absolute Gasteiger partial charge is 0.452 e. The van der Waals surface area contributed by atoms with Gasteiger partial charge in [0.2, 0.25) is 6.29 Å². The van der Waals surface area contributed by atoms with Crippen LogP contribution in [-0.2, 0) is 38.1 Å². The van der Waals surface area contributed by atoms with Crippen molar-refractivity contribution in [3.05, 3.63) is 23.5 Å². The Bertz CT molecular complexity index is 733. The van der Waals surface area contributed by atoms with Gasteiger partial charge >= 0.3 is 17.9 Å². The van der Waals surface area contributed by atoms with Gasteiger partial charge in [0, 0.05) is 25.3 Å². The molecule has 0 aromatic heterocycles. The third-order valence-corrected chi connectivity index (χ3v) is 4.50. The highest BCUT2D eigenvalue weighted by Gasteiger charge is 2.58. The van der Waals surface area contributed by atoms with Gasteiger partial charge in [-0.3, -0.25) is 19.2 Å². The van der Waals surface area contributed by atoms with E-state index in [0.29, 0.717) is 11.9 Å². The highest BCUT2D eigenvalue weighted by atomic mass is 16.7. The summed E-state index contributed by atoms with van der Waals surface area (Å²) in [5.74, 6) is -2.46. The molecule has 1 saturated heterocycles. The fourth-order valence-electron chi connectivity index (χ4n) is 3.42. The van der Waals surface area contributed by atoms with Crippen molar-refractivity contribution in [2.45, 2.75) is 59.4 Å². The Labute approximate surface area is 170 Å². The smallest absolute Gasteiger partial charge is 0.311 e. The van der Waals surface area contributed by atoms with Gasteiger partial charge in [0.25, 0.3) is 0 Å². The molecule has 0 spiro atoms. The predicted octanol–water partition coefficient (Wildman–Crippen LogP) is 2.46. The molecule has 3 atom stereocenters. The maximum atomic E-state index is 12.2. The first-order valence-corrected chi connectivity index (χ1v) is 9.68. The molecule has 1 aliphatic carbocycles. The normalized spacial score (nSPS) is 27.0. The molecule has 8 nitrogen and oxygen atoms in total. The van der Waals surface area contributed by atoms with Crippen LogP contribution < -0.4 is 0 Å². The number of hydrogen-bond acceptors (Lipinski definition) is 8. The number of rotatable bonds is 8. The molecule has 0 aromatic rings. The molecule has 0 amide bonds. The summed E-state index contributed by atoms with van der Waals surface area (Å²) in [5.41, 5.74) is -0.943. The van der Waals surface area contributed by atoms with Crippen LogP contribution in [0.4, 0.5) is 0 Å². The first-order chi connectivity index (χ1) is 13.6. The second-order valence-corrected chi connectivity index (χ2v) is 8.14. The second kappa shape index (κ2) is 9.35. The maximum absolute atomic E-state index is 12.2. The molecule has 2 aliphatic rings. The first kappa shape index (κ1) is 22.8. The van der Waals surface area contributed by atoms with Crippen molar-refractivity contribution >= 4 is 24.2 Å². The topological polar surface area (TPSA) is 105 Å². The van der Waals surface area contributed by atoms with Crippen LogP contribution in [0.1, 0.15) is 47.5 Å². The van der Waals surface area contributed by atoms with Gasteiger partial charge in [-0.15, -0.1) is 0 Å². The van der Waals surface area contributed by atoms with E-state index in [-0.39, 0.29) is 37.0 Å². The van der Waals surface area contributed by atoms with E-state index in [2.05, 4.69) is 0 Å². The van der Waals surface area contributed by atoms with Gasteiger partial charge < -0.3 is 18.9 Å².